The number of hydrogen-bond donors (Lipinski definition) is 2. The monoisotopic (exact) mass is 239 g/mol. The summed E-state index contributed by atoms with van der Waals surface area (Å²) in [5, 5.41) is 3.27. The van der Waals surface area contributed by atoms with E-state index in [1.165, 1.54) is 0 Å². The molecule has 0 unspecified atom stereocenters. The molecule has 1 heterocycles. The maximum Gasteiger partial charge on any atom is 0.186 e. The molecule has 0 aliphatic carbocycles. The molecule has 0 amide bonds. The van der Waals surface area contributed by atoms with Crippen LogP contribution in [0.2, 0.25) is 0 Å². The molecule has 1 aromatic heterocycles. The molecule has 0 saturated heterocycles. The van der Waals surface area contributed by atoms with Crippen LogP contribution in [-0.2, 0) is 11.3 Å². The van der Waals surface area contributed by atoms with Crippen LogP contribution in [0, 0.1) is 0 Å². The summed E-state index contributed by atoms with van der Waals surface area (Å²) in [6.45, 7) is 4.04. The van der Waals surface area contributed by atoms with Crippen molar-refractivity contribution in [1.82, 2.24) is 15.2 Å². The highest BCUT2D eigenvalue weighted by molar-refractivity contribution is 5.08. The van der Waals surface area contributed by atoms with Gasteiger partial charge in [0.2, 0.25) is 0 Å². The average molecular weight is 239 g/mol. The van der Waals surface area contributed by atoms with Gasteiger partial charge in [-0.25, -0.2) is 0 Å². The van der Waals surface area contributed by atoms with Gasteiger partial charge < -0.3 is 19.9 Å². The molecule has 0 bridgehead atoms. The molecule has 0 spiro atoms. The fourth-order valence-corrected chi connectivity index (χ4v) is 1.51. The van der Waals surface area contributed by atoms with Gasteiger partial charge in [0.05, 0.1) is 6.61 Å². The molecule has 0 saturated carbocycles. The van der Waals surface area contributed by atoms with E-state index in [2.05, 4.69) is 15.2 Å². The van der Waals surface area contributed by atoms with Crippen molar-refractivity contribution in [2.24, 2.45) is 0 Å². The molecule has 0 aliphatic heterocycles. The largest absolute Gasteiger partial charge is 0.383 e. The molecule has 0 aliphatic rings. The van der Waals surface area contributed by atoms with E-state index in [9.17, 15) is 4.79 Å². The number of nitrogens with one attached hydrogen (secondary N) is 2. The Morgan fingerprint density at radius 1 is 1.47 bits per heavy atom. The van der Waals surface area contributed by atoms with Gasteiger partial charge in [0.25, 0.3) is 0 Å². The van der Waals surface area contributed by atoms with Crippen molar-refractivity contribution in [2.45, 2.75) is 6.54 Å². The van der Waals surface area contributed by atoms with E-state index in [0.717, 1.165) is 31.8 Å². The molecule has 1 rings (SSSR count). The van der Waals surface area contributed by atoms with E-state index in [4.69, 9.17) is 4.74 Å². The first-order chi connectivity index (χ1) is 8.24. The predicted molar refractivity (Wildman–Crippen MR) is 68.1 cm³/mol. The molecule has 2 N–H and O–H groups in total. The first-order valence-electron chi connectivity index (χ1n) is 5.78. The van der Waals surface area contributed by atoms with Crippen molar-refractivity contribution in [2.75, 3.05) is 40.4 Å². The molecule has 0 fully saturated rings. The highest BCUT2D eigenvalue weighted by Gasteiger charge is 2.02. The third kappa shape index (κ3) is 5.63. The van der Waals surface area contributed by atoms with Crippen molar-refractivity contribution in [3.63, 3.8) is 0 Å². The third-order valence-electron chi connectivity index (χ3n) is 2.50. The van der Waals surface area contributed by atoms with Gasteiger partial charge in [-0.1, -0.05) is 0 Å². The summed E-state index contributed by atoms with van der Waals surface area (Å²) in [6, 6.07) is 1.56. The van der Waals surface area contributed by atoms with E-state index in [0.29, 0.717) is 6.54 Å². The Bertz CT molecular complexity index is 365. The molecular formula is C12H21N3O2. The lowest BCUT2D eigenvalue weighted by Crippen LogP contribution is -2.31. The standard InChI is InChI=1S/C12H21N3O2/c1-15(7-5-13-6-8-17-2)10-11-9-14-4-3-12(11)16/h3-4,9,13H,5-8,10H2,1-2H3,(H,14,16). The number of aromatic amines is 1. The molecule has 5 nitrogen and oxygen atoms in total. The lowest BCUT2D eigenvalue weighted by molar-refractivity contribution is 0.197. The molecule has 96 valence electrons. The van der Waals surface area contributed by atoms with Crippen molar-refractivity contribution in [3.8, 4) is 0 Å². The second kappa shape index (κ2) is 8.00. The molecule has 17 heavy (non-hydrogen) atoms. The maximum absolute atomic E-state index is 11.5. The van der Waals surface area contributed by atoms with Crippen LogP contribution in [0.15, 0.2) is 23.3 Å². The molecule has 5 heteroatoms. The molecule has 0 aromatic carbocycles. The Kier molecular flexibility index (Phi) is 6.54. The van der Waals surface area contributed by atoms with Crippen molar-refractivity contribution in [1.29, 1.82) is 0 Å². The van der Waals surface area contributed by atoms with Crippen molar-refractivity contribution in [3.05, 3.63) is 34.2 Å². The van der Waals surface area contributed by atoms with Crippen LogP contribution < -0.4 is 10.7 Å². The van der Waals surface area contributed by atoms with Gasteiger partial charge >= 0.3 is 0 Å². The number of nitrogens with zero attached hydrogens (tertiary/aromatic N) is 1. The SMILES string of the molecule is COCCNCCN(C)Cc1c[nH]ccc1=O. The lowest BCUT2D eigenvalue weighted by Gasteiger charge is -2.16. The van der Waals surface area contributed by atoms with E-state index in [1.54, 1.807) is 25.6 Å². The Morgan fingerprint density at radius 3 is 3.00 bits per heavy atom. The van der Waals surface area contributed by atoms with Crippen LogP contribution in [0.4, 0.5) is 0 Å². The zero-order valence-electron chi connectivity index (χ0n) is 10.5. The minimum Gasteiger partial charge on any atom is -0.383 e. The molecular weight excluding hydrogens is 218 g/mol. The Morgan fingerprint density at radius 2 is 2.29 bits per heavy atom. The average Bonchev–Trinajstić information content (AvgIpc) is 2.32. The maximum atomic E-state index is 11.5. The third-order valence-corrected chi connectivity index (χ3v) is 2.50. The zero-order valence-corrected chi connectivity index (χ0v) is 10.5. The lowest BCUT2D eigenvalue weighted by atomic mass is 10.2. The summed E-state index contributed by atoms with van der Waals surface area (Å²) in [5.41, 5.74) is 0.884. The van der Waals surface area contributed by atoms with Gasteiger partial charge in [-0.15, -0.1) is 0 Å². The molecule has 1 aromatic rings. The summed E-state index contributed by atoms with van der Waals surface area (Å²) in [7, 11) is 3.69. The van der Waals surface area contributed by atoms with Gasteiger partial charge in [0.15, 0.2) is 5.43 Å². The van der Waals surface area contributed by atoms with E-state index >= 15 is 0 Å². The number of pyridine rings is 1. The van der Waals surface area contributed by atoms with Crippen LogP contribution in [0.25, 0.3) is 0 Å². The Labute approximate surface area is 102 Å². The minimum atomic E-state index is 0.0861. The van der Waals surface area contributed by atoms with Gasteiger partial charge in [-0.2, -0.15) is 0 Å². The van der Waals surface area contributed by atoms with Crippen LogP contribution >= 0.6 is 0 Å². The first-order valence-corrected chi connectivity index (χ1v) is 5.78. The van der Waals surface area contributed by atoms with E-state index < -0.39 is 0 Å². The zero-order chi connectivity index (χ0) is 12.5. The van der Waals surface area contributed by atoms with Crippen LogP contribution in [0.1, 0.15) is 5.56 Å². The number of likely N-dealkylation sites (N-methyl/N-ethyl adjacent to an activating group) is 1. The highest BCUT2D eigenvalue weighted by atomic mass is 16.5. The van der Waals surface area contributed by atoms with Gasteiger partial charge in [0.1, 0.15) is 0 Å². The Hall–Kier alpha value is -1.17. The first kappa shape index (κ1) is 13.9. The summed E-state index contributed by atoms with van der Waals surface area (Å²) < 4.78 is 4.94. The van der Waals surface area contributed by atoms with Crippen LogP contribution in [0.3, 0.4) is 0 Å². The number of hydrogen-bond acceptors (Lipinski definition) is 4. The summed E-state index contributed by atoms with van der Waals surface area (Å²) in [5.74, 6) is 0. The second-order valence-electron chi connectivity index (χ2n) is 4.01. The summed E-state index contributed by atoms with van der Waals surface area (Å²) >= 11 is 0. The Balaban J connectivity index is 2.23. The smallest absolute Gasteiger partial charge is 0.186 e. The normalized spacial score (nSPS) is 11.0. The number of rotatable bonds is 8. The predicted octanol–water partition coefficient (Wildman–Crippen LogP) is 0.0427. The van der Waals surface area contributed by atoms with E-state index in [1.807, 2.05) is 7.05 Å². The minimum absolute atomic E-state index is 0.0861. The number of ether oxygens (including phenoxy) is 1. The summed E-state index contributed by atoms with van der Waals surface area (Å²) in [4.78, 5) is 16.5. The summed E-state index contributed by atoms with van der Waals surface area (Å²) in [6.07, 6.45) is 3.41. The number of aromatic nitrogens is 1. The quantitative estimate of drug-likeness (QED) is 0.629. The molecule has 0 radical (unpaired) electrons. The van der Waals surface area contributed by atoms with Gasteiger partial charge in [0, 0.05) is 57.3 Å². The van der Waals surface area contributed by atoms with Crippen molar-refractivity contribution >= 4 is 0 Å². The number of H-pyrrole nitrogens is 1. The second-order valence-corrected chi connectivity index (χ2v) is 4.01. The van der Waals surface area contributed by atoms with Gasteiger partial charge in [-0.3, -0.25) is 4.79 Å². The van der Waals surface area contributed by atoms with Crippen LogP contribution in [-0.4, -0.2) is 50.3 Å². The fourth-order valence-electron chi connectivity index (χ4n) is 1.51. The van der Waals surface area contributed by atoms with Crippen LogP contribution in [0.5, 0.6) is 0 Å². The highest BCUT2D eigenvalue weighted by Crippen LogP contribution is 1.94. The van der Waals surface area contributed by atoms with Gasteiger partial charge in [-0.05, 0) is 7.05 Å². The molecule has 0 atom stereocenters. The topological polar surface area (TPSA) is 57.4 Å². The fraction of sp³-hybridized carbons (Fsp3) is 0.583. The number of methoxy groups -OCH3 is 1. The van der Waals surface area contributed by atoms with Crippen molar-refractivity contribution < 1.29 is 4.74 Å². The van der Waals surface area contributed by atoms with E-state index in [-0.39, 0.29) is 5.43 Å².